The second-order valence-electron chi connectivity index (χ2n) is 13.1. The molecule has 7 aromatic carbocycles. The maximum Gasteiger partial charge on any atom is 0.0361 e. The molecule has 0 saturated carbocycles. The van der Waals surface area contributed by atoms with Crippen LogP contribution in [0, 0.1) is 20.8 Å². The Hall–Kier alpha value is -5.66. The van der Waals surface area contributed by atoms with E-state index in [0.29, 0.717) is 11.8 Å². The molecule has 0 N–H and O–H groups in total. The molecule has 0 radical (unpaired) electrons. The second-order valence-corrected chi connectivity index (χ2v) is 13.1. The summed E-state index contributed by atoms with van der Waals surface area (Å²) in [6.07, 6.45) is 0. The molecule has 0 aliphatic carbocycles. The molecule has 1 heteroatoms. The van der Waals surface area contributed by atoms with Gasteiger partial charge in [-0.2, -0.15) is 0 Å². The van der Waals surface area contributed by atoms with Crippen LogP contribution < -0.4 is 4.90 Å². The normalized spacial score (nSPS) is 9.43. The molecular formula is C57H73N. The molecule has 0 fully saturated rings. The minimum absolute atomic E-state index is 0.304. The summed E-state index contributed by atoms with van der Waals surface area (Å²) < 4.78 is 0. The third-order valence-electron chi connectivity index (χ3n) is 8.90. The zero-order chi connectivity index (χ0) is 43.1. The first-order valence-corrected chi connectivity index (χ1v) is 21.5. The molecule has 306 valence electrons. The number of hydrogen-bond donors (Lipinski definition) is 0. The molecule has 7 aromatic rings. The molecule has 1 nitrogen and oxygen atoms in total. The molecule has 0 unspecified atom stereocenters. The lowest BCUT2D eigenvalue weighted by molar-refractivity contribution is 0.976. The Morgan fingerprint density at radius 2 is 0.448 bits per heavy atom. The van der Waals surface area contributed by atoms with E-state index < -0.39 is 0 Å². The predicted molar refractivity (Wildman–Crippen MR) is 261 cm³/mol. The van der Waals surface area contributed by atoms with Gasteiger partial charge in [0.15, 0.2) is 0 Å². The fourth-order valence-electron chi connectivity index (χ4n) is 6.10. The highest BCUT2D eigenvalue weighted by molar-refractivity contribution is 5.46. The Morgan fingerprint density at radius 1 is 0.259 bits per heavy atom. The summed E-state index contributed by atoms with van der Waals surface area (Å²) >= 11 is 0. The predicted octanol–water partition coefficient (Wildman–Crippen LogP) is 16.5. The maximum absolute atomic E-state index is 2.24. The van der Waals surface area contributed by atoms with Crippen LogP contribution in [0.3, 0.4) is 0 Å². The van der Waals surface area contributed by atoms with Crippen LogP contribution in [0.25, 0.3) is 0 Å². The topological polar surface area (TPSA) is 3.24 Å². The van der Waals surface area contributed by atoms with Crippen LogP contribution >= 0.6 is 0 Å². The zero-order valence-electron chi connectivity index (χ0n) is 38.1. The molecule has 0 aliphatic rings. The maximum atomic E-state index is 2.24. The van der Waals surface area contributed by atoms with Crippen LogP contribution in [0.5, 0.6) is 0 Å². The van der Waals surface area contributed by atoms with E-state index in [9.17, 15) is 0 Å². The number of benzene rings is 7. The van der Waals surface area contributed by atoms with Gasteiger partial charge in [-0.15, -0.1) is 0 Å². The molecule has 0 spiro atoms. The molecule has 0 heterocycles. The van der Waals surface area contributed by atoms with Crippen molar-refractivity contribution in [3.8, 4) is 0 Å². The van der Waals surface area contributed by atoms with E-state index in [1.54, 1.807) is 0 Å². The van der Waals surface area contributed by atoms with Gasteiger partial charge in [0.25, 0.3) is 0 Å². The van der Waals surface area contributed by atoms with Crippen molar-refractivity contribution in [1.82, 2.24) is 0 Å². The van der Waals surface area contributed by atoms with Crippen molar-refractivity contribution in [3.05, 3.63) is 244 Å². The van der Waals surface area contributed by atoms with Gasteiger partial charge in [0, 0.05) is 31.6 Å². The van der Waals surface area contributed by atoms with E-state index in [-0.39, 0.29) is 0 Å². The summed E-state index contributed by atoms with van der Waals surface area (Å²) in [5.41, 5.74) is 13.2. The average Bonchev–Trinajstić information content (AvgIpc) is 3.30. The van der Waals surface area contributed by atoms with Crippen LogP contribution in [-0.2, 0) is 0 Å². The van der Waals surface area contributed by atoms with Gasteiger partial charge in [0.2, 0.25) is 0 Å². The van der Waals surface area contributed by atoms with Crippen molar-refractivity contribution in [2.24, 2.45) is 0 Å². The number of hydrogen-bond acceptors (Lipinski definition) is 1. The molecule has 0 amide bonds. The van der Waals surface area contributed by atoms with Gasteiger partial charge in [0.05, 0.1) is 0 Å². The van der Waals surface area contributed by atoms with Crippen molar-refractivity contribution >= 4 is 5.69 Å². The standard InChI is InChI=1S/2C20H18.C9H13N.4C2H6/c2*1-16-12-14-19(15-13-16)20(17-8-4-2-5-9-17)18-10-6-3-7-11-18;1-8-4-6-9(7-5-8)10(2)3;4*1-2/h2*2-15,20H,1H3;4-7H,1-3H3;4*1-2H3. The minimum atomic E-state index is 0.304. The van der Waals surface area contributed by atoms with Gasteiger partial charge in [-0.1, -0.05) is 254 Å². The second kappa shape index (κ2) is 30.5. The zero-order valence-corrected chi connectivity index (χ0v) is 38.1. The van der Waals surface area contributed by atoms with Gasteiger partial charge in [-0.3, -0.25) is 0 Å². The van der Waals surface area contributed by atoms with E-state index >= 15 is 0 Å². The summed E-state index contributed by atoms with van der Waals surface area (Å²) in [4.78, 5) is 2.10. The lowest BCUT2D eigenvalue weighted by Crippen LogP contribution is -2.07. The smallest absolute Gasteiger partial charge is 0.0361 e. The molecule has 58 heavy (non-hydrogen) atoms. The van der Waals surface area contributed by atoms with Gasteiger partial charge >= 0.3 is 0 Å². The monoisotopic (exact) mass is 772 g/mol. The molecule has 0 saturated heterocycles. The fraction of sp³-hybridized carbons (Fsp3) is 0.263. The van der Waals surface area contributed by atoms with Crippen molar-refractivity contribution < 1.29 is 0 Å². The Balaban J connectivity index is 0.000000417. The molecule has 0 atom stereocenters. The first-order valence-electron chi connectivity index (χ1n) is 21.5. The highest BCUT2D eigenvalue weighted by atomic mass is 15.1. The summed E-state index contributed by atoms with van der Waals surface area (Å²) in [6, 6.07) is 69.0. The van der Waals surface area contributed by atoms with E-state index in [0.717, 1.165) is 0 Å². The SMILES string of the molecule is CC.CC.CC.CC.Cc1ccc(C(c2ccccc2)c2ccccc2)cc1.Cc1ccc(C(c2ccccc2)c2ccccc2)cc1.Cc1ccc(N(C)C)cc1. The minimum Gasteiger partial charge on any atom is -0.378 e. The first-order chi connectivity index (χ1) is 28.4. The third kappa shape index (κ3) is 17.2. The van der Waals surface area contributed by atoms with Gasteiger partial charge < -0.3 is 4.90 Å². The summed E-state index contributed by atoms with van der Waals surface area (Å²) in [5.74, 6) is 0.607. The molecule has 0 bridgehead atoms. The van der Waals surface area contributed by atoms with Gasteiger partial charge in [-0.05, 0) is 66.3 Å². The van der Waals surface area contributed by atoms with Crippen LogP contribution in [0.2, 0.25) is 0 Å². The van der Waals surface area contributed by atoms with Crippen molar-refractivity contribution in [3.63, 3.8) is 0 Å². The van der Waals surface area contributed by atoms with E-state index in [1.165, 1.54) is 55.8 Å². The average molecular weight is 772 g/mol. The number of aryl methyl sites for hydroxylation is 3. The number of nitrogens with zero attached hydrogens (tertiary/aromatic N) is 1. The highest BCUT2D eigenvalue weighted by Gasteiger charge is 2.17. The molecule has 0 aliphatic heterocycles. The number of rotatable bonds is 7. The van der Waals surface area contributed by atoms with Crippen molar-refractivity contribution in [2.45, 2.75) is 88.0 Å². The largest absolute Gasteiger partial charge is 0.378 e. The highest BCUT2D eigenvalue weighted by Crippen LogP contribution is 2.33. The summed E-state index contributed by atoms with van der Waals surface area (Å²) in [5, 5.41) is 0. The third-order valence-corrected chi connectivity index (χ3v) is 8.90. The number of anilines is 1. The lowest BCUT2D eigenvalue weighted by Gasteiger charge is -2.19. The summed E-state index contributed by atoms with van der Waals surface area (Å²) in [6.45, 7) is 22.4. The Labute approximate surface area is 355 Å². The van der Waals surface area contributed by atoms with Crippen LogP contribution in [0.1, 0.15) is 117 Å². The Kier molecular flexibility index (Phi) is 26.5. The first kappa shape index (κ1) is 50.4. The summed E-state index contributed by atoms with van der Waals surface area (Å²) in [7, 11) is 4.09. The van der Waals surface area contributed by atoms with Crippen molar-refractivity contribution in [2.75, 3.05) is 19.0 Å². The quantitative estimate of drug-likeness (QED) is 0.146. The Morgan fingerprint density at radius 3 is 0.655 bits per heavy atom. The van der Waals surface area contributed by atoms with Crippen LogP contribution in [-0.4, -0.2) is 14.1 Å². The lowest BCUT2D eigenvalue weighted by atomic mass is 9.85. The van der Waals surface area contributed by atoms with Crippen molar-refractivity contribution in [1.29, 1.82) is 0 Å². The van der Waals surface area contributed by atoms with E-state index in [4.69, 9.17) is 0 Å². The molecule has 7 rings (SSSR count). The van der Waals surface area contributed by atoms with Gasteiger partial charge in [-0.25, -0.2) is 0 Å². The molecule has 0 aromatic heterocycles. The molecular weight excluding hydrogens is 699 g/mol. The Bertz CT molecular complexity index is 1740. The van der Waals surface area contributed by atoms with E-state index in [2.05, 4.69) is 220 Å². The van der Waals surface area contributed by atoms with Gasteiger partial charge in [0.1, 0.15) is 0 Å². The van der Waals surface area contributed by atoms with E-state index in [1.807, 2.05) is 69.5 Å². The van der Waals surface area contributed by atoms with Crippen LogP contribution in [0.4, 0.5) is 5.69 Å². The fourth-order valence-corrected chi connectivity index (χ4v) is 6.10. The van der Waals surface area contributed by atoms with Crippen LogP contribution in [0.15, 0.2) is 194 Å².